The summed E-state index contributed by atoms with van der Waals surface area (Å²) < 4.78 is 0. The fourth-order valence-electron chi connectivity index (χ4n) is 0.106. The van der Waals surface area contributed by atoms with Gasteiger partial charge in [-0.3, -0.25) is 0 Å². The Hall–Kier alpha value is -0.941. The average Bonchev–Trinajstić information content (AvgIpc) is 2.07. The summed E-state index contributed by atoms with van der Waals surface area (Å²) in [6, 6.07) is 0. The third-order valence-corrected chi connectivity index (χ3v) is 4.91. The molecule has 0 aliphatic heterocycles. The Morgan fingerprint density at radius 1 is 0.727 bits per heavy atom. The van der Waals surface area contributed by atoms with Gasteiger partial charge >= 0.3 is 70.0 Å². The van der Waals surface area contributed by atoms with Gasteiger partial charge in [0.15, 0.2) is 0 Å². The van der Waals surface area contributed by atoms with Gasteiger partial charge in [-0.15, -0.1) is 0 Å². The molecule has 7 heteroatoms. The van der Waals surface area contributed by atoms with Crippen LogP contribution in [-0.4, -0.2) is 0 Å². The molecule has 58 valence electrons. The molecule has 0 heterocycles. The predicted octanol–water partition coefficient (Wildman–Crippen LogP) is 1.44. The van der Waals surface area contributed by atoms with Crippen molar-refractivity contribution in [2.75, 3.05) is 0 Å². The molecule has 0 saturated heterocycles. The second kappa shape index (κ2) is 1.80. The third-order valence-electron chi connectivity index (χ3n) is 0.713. The molecule has 0 aromatic carbocycles. The first-order valence-corrected chi connectivity index (χ1v) is 7.12. The van der Waals surface area contributed by atoms with E-state index in [0.29, 0.717) is 0 Å². The van der Waals surface area contributed by atoms with Crippen molar-refractivity contribution < 1.29 is 8.91 Å². The maximum absolute atomic E-state index is 8.38. The second-order valence-electron chi connectivity index (χ2n) is 1.43. The van der Waals surface area contributed by atoms with Crippen LogP contribution in [0.15, 0.2) is 0 Å². The topological polar surface area (TPSA) is 95.2 Å². The molecule has 0 atom stereocenters. The zero-order chi connectivity index (χ0) is 9.24. The monoisotopic (exact) mass is 230 g/mol. The van der Waals surface area contributed by atoms with Crippen LogP contribution >= 0.6 is 20.2 Å². The molecular weight excluding hydrogens is 231 g/mol. The molecule has 0 bridgehead atoms. The van der Waals surface area contributed by atoms with Gasteiger partial charge in [0.25, 0.3) is 0 Å². The zero-order valence-electron chi connectivity index (χ0n) is 4.90. The number of nitrogens with zero attached hydrogens (tertiary/aromatic N) is 4. The molecule has 0 spiro atoms. The van der Waals surface area contributed by atoms with Crippen LogP contribution < -0.4 is 0 Å². The van der Waals surface area contributed by atoms with E-state index in [-0.39, 0.29) is 0 Å². The number of hydrogen-bond acceptors (Lipinski definition) is 4. The van der Waals surface area contributed by atoms with Crippen molar-refractivity contribution in [1.29, 1.82) is 21.0 Å². The summed E-state index contributed by atoms with van der Waals surface area (Å²) in [5, 5.41) is 33.5. The SMILES string of the molecule is N#[C][Fe]([Cl])([Cl])([C]#N)([C]#N)[C]#N. The molecule has 0 rings (SSSR count). The Balaban J connectivity index is 6.12. The second-order valence-corrected chi connectivity index (χ2v) is 12.0. The summed E-state index contributed by atoms with van der Waals surface area (Å²) in [6.07, 6.45) is 0. The van der Waals surface area contributed by atoms with E-state index < -0.39 is 8.91 Å². The van der Waals surface area contributed by atoms with Crippen molar-refractivity contribution in [2.45, 2.75) is 0 Å². The molecule has 0 aliphatic carbocycles. The normalized spacial score (nSPS) is 15.5. The molecule has 0 unspecified atom stereocenters. The molecule has 4 nitrogen and oxygen atoms in total. The van der Waals surface area contributed by atoms with Gasteiger partial charge in [0.2, 0.25) is 0 Å². The van der Waals surface area contributed by atoms with Crippen molar-refractivity contribution in [2.24, 2.45) is 0 Å². The van der Waals surface area contributed by atoms with Gasteiger partial charge in [0.1, 0.15) is 0 Å². The van der Waals surface area contributed by atoms with Gasteiger partial charge in [0, 0.05) is 0 Å². The van der Waals surface area contributed by atoms with E-state index in [1.165, 1.54) is 0 Å². The van der Waals surface area contributed by atoms with Crippen molar-refractivity contribution >= 4 is 20.2 Å². The summed E-state index contributed by atoms with van der Waals surface area (Å²) >= 11 is 0. The zero-order valence-corrected chi connectivity index (χ0v) is 7.51. The van der Waals surface area contributed by atoms with Crippen molar-refractivity contribution in [3.05, 3.63) is 0 Å². The van der Waals surface area contributed by atoms with E-state index in [9.17, 15) is 0 Å². The van der Waals surface area contributed by atoms with Crippen LogP contribution in [-0.2, 0) is 8.91 Å². The molecular formula is C4Cl2FeN4. The number of rotatable bonds is 0. The molecule has 0 saturated carbocycles. The standard InChI is InChI=1S/4CN.2ClH.Fe/c4*1-2;;;/h;;;;2*1H;/q;;;;;;+2/p-2. The van der Waals surface area contributed by atoms with Crippen LogP contribution in [0.5, 0.6) is 0 Å². The van der Waals surface area contributed by atoms with Crippen molar-refractivity contribution in [3.63, 3.8) is 0 Å². The summed E-state index contributed by atoms with van der Waals surface area (Å²) in [7, 11) is 4.77. The Morgan fingerprint density at radius 2 is 0.909 bits per heavy atom. The van der Waals surface area contributed by atoms with Crippen molar-refractivity contribution in [1.82, 2.24) is 0 Å². The molecule has 0 N–H and O–H groups in total. The Bertz CT molecular complexity index is 307. The summed E-state index contributed by atoms with van der Waals surface area (Å²) in [6.45, 7) is 0. The molecule has 0 radical (unpaired) electrons. The van der Waals surface area contributed by atoms with E-state index >= 15 is 0 Å². The Morgan fingerprint density at radius 3 is 0.909 bits per heavy atom. The van der Waals surface area contributed by atoms with Crippen LogP contribution in [0.3, 0.4) is 0 Å². The number of hydrogen-bond donors (Lipinski definition) is 0. The fraction of sp³-hybridized carbons (Fsp3) is 0. The van der Waals surface area contributed by atoms with Crippen molar-refractivity contribution in [3.8, 4) is 19.9 Å². The average molecular weight is 231 g/mol. The van der Waals surface area contributed by atoms with E-state index in [1.54, 1.807) is 0 Å². The third kappa shape index (κ3) is 1.24. The van der Waals surface area contributed by atoms with Gasteiger partial charge in [-0.2, -0.15) is 0 Å². The number of nitriles is 4. The quantitative estimate of drug-likeness (QED) is 0.589. The first kappa shape index (κ1) is 10.1. The molecule has 0 fully saturated rings. The fourth-order valence-corrected chi connectivity index (χ4v) is 0.437. The van der Waals surface area contributed by atoms with E-state index in [1.807, 2.05) is 0 Å². The summed E-state index contributed by atoms with van der Waals surface area (Å²) in [5.41, 5.74) is 0. The van der Waals surface area contributed by atoms with E-state index in [2.05, 4.69) is 0 Å². The van der Waals surface area contributed by atoms with Gasteiger partial charge < -0.3 is 0 Å². The Kier molecular flexibility index (Phi) is 1.65. The first-order chi connectivity index (χ1) is 4.80. The maximum atomic E-state index is 8.38. The molecule has 11 heavy (non-hydrogen) atoms. The molecule has 0 aromatic rings. The van der Waals surface area contributed by atoms with Crippen LogP contribution in [0.1, 0.15) is 0 Å². The van der Waals surface area contributed by atoms with E-state index in [4.69, 9.17) is 41.2 Å². The summed E-state index contributed by atoms with van der Waals surface area (Å²) in [5.74, 6) is 0. The van der Waals surface area contributed by atoms with Crippen LogP contribution in [0.4, 0.5) is 0 Å². The van der Waals surface area contributed by atoms with Crippen LogP contribution in [0.25, 0.3) is 0 Å². The molecule has 0 aromatic heterocycles. The summed E-state index contributed by atoms with van der Waals surface area (Å²) in [4.78, 5) is 4.44. The van der Waals surface area contributed by atoms with Crippen LogP contribution in [0, 0.1) is 40.9 Å². The van der Waals surface area contributed by atoms with Gasteiger partial charge in [-0.25, -0.2) is 0 Å². The number of halogens is 2. The Labute approximate surface area is 70.1 Å². The minimum absolute atomic E-state index is 1.11. The van der Waals surface area contributed by atoms with Gasteiger partial charge in [0.05, 0.1) is 0 Å². The first-order valence-electron chi connectivity index (χ1n) is 1.87. The van der Waals surface area contributed by atoms with Gasteiger partial charge in [-0.1, -0.05) is 0 Å². The van der Waals surface area contributed by atoms with E-state index in [0.717, 1.165) is 19.9 Å². The van der Waals surface area contributed by atoms with Gasteiger partial charge in [-0.05, 0) is 0 Å². The van der Waals surface area contributed by atoms with Crippen LogP contribution in [0.2, 0.25) is 0 Å². The predicted molar refractivity (Wildman–Crippen MR) is 34.2 cm³/mol. The molecule has 0 amide bonds. The minimum atomic E-state index is -5.75. The molecule has 0 aliphatic rings.